The highest BCUT2D eigenvalue weighted by Gasteiger charge is 2.49. The molecular weight excluding hydrogens is 564 g/mol. The summed E-state index contributed by atoms with van der Waals surface area (Å²) in [7, 11) is 0. The summed E-state index contributed by atoms with van der Waals surface area (Å²) < 4.78 is 11.1. The quantitative estimate of drug-likeness (QED) is 0.130. The summed E-state index contributed by atoms with van der Waals surface area (Å²) in [4.78, 5) is 23.6. The maximum atomic E-state index is 11.9. The molecule has 9 nitrogen and oxygen atoms in total. The van der Waals surface area contributed by atoms with Gasteiger partial charge in [0.25, 0.3) is 0 Å². The van der Waals surface area contributed by atoms with Gasteiger partial charge < -0.3 is 35.0 Å². The fourth-order valence-corrected chi connectivity index (χ4v) is 4.92. The number of aliphatic hydroxyl groups excluding tert-OH is 3. The van der Waals surface area contributed by atoms with Gasteiger partial charge in [0.05, 0.1) is 24.4 Å². The van der Waals surface area contributed by atoms with Crippen LogP contribution in [0.5, 0.6) is 0 Å². The van der Waals surface area contributed by atoms with Crippen LogP contribution in [0.25, 0.3) is 0 Å². The Morgan fingerprint density at radius 2 is 1.52 bits per heavy atom. The molecule has 7 unspecified atom stereocenters. The Kier molecular flexibility index (Phi) is 15.6. The lowest BCUT2D eigenvalue weighted by atomic mass is 9.85. The van der Waals surface area contributed by atoms with Crippen LogP contribution in [0.1, 0.15) is 40.5 Å². The lowest BCUT2D eigenvalue weighted by Crippen LogP contribution is -2.50. The Balaban J connectivity index is 1.93. The molecule has 9 heteroatoms. The minimum Gasteiger partial charge on any atom is -0.484 e. The Morgan fingerprint density at radius 1 is 0.932 bits per heavy atom. The van der Waals surface area contributed by atoms with E-state index in [0.29, 0.717) is 11.5 Å². The number of rotatable bonds is 15. The van der Waals surface area contributed by atoms with Crippen molar-refractivity contribution in [1.82, 2.24) is 0 Å². The Hall–Kier alpha value is -3.76. The highest BCUT2D eigenvalue weighted by Crippen LogP contribution is 2.36. The van der Waals surface area contributed by atoms with E-state index >= 15 is 0 Å². The minimum absolute atomic E-state index is 0.0159. The van der Waals surface area contributed by atoms with Crippen LogP contribution < -0.4 is 0 Å². The van der Waals surface area contributed by atoms with E-state index in [4.69, 9.17) is 9.47 Å². The van der Waals surface area contributed by atoms with Crippen molar-refractivity contribution in [3.05, 3.63) is 108 Å². The summed E-state index contributed by atoms with van der Waals surface area (Å²) in [6.45, 7) is 7.54. The molecule has 0 spiro atoms. The fraction of sp³-hybridized carbons (Fsp3) is 0.429. The minimum atomic E-state index is -1.32. The molecule has 2 aliphatic heterocycles. The molecule has 2 rings (SSSR count). The highest BCUT2D eigenvalue weighted by atomic mass is 16.5. The molecular formula is C35H46O9. The molecule has 0 radical (unpaired) electrons. The fourth-order valence-electron chi connectivity index (χ4n) is 4.92. The molecule has 0 aromatic rings. The van der Waals surface area contributed by atoms with E-state index in [1.54, 1.807) is 36.5 Å². The van der Waals surface area contributed by atoms with Gasteiger partial charge in [0.1, 0.15) is 24.1 Å². The largest absolute Gasteiger partial charge is 0.484 e. The average molecular weight is 611 g/mol. The van der Waals surface area contributed by atoms with Crippen LogP contribution in [0.15, 0.2) is 108 Å². The topological polar surface area (TPSA) is 154 Å². The Bertz CT molecular complexity index is 1240. The number of fused-ring (bicyclic) bond motifs is 2. The van der Waals surface area contributed by atoms with Crippen LogP contribution in [-0.2, 0) is 19.1 Å². The third kappa shape index (κ3) is 11.4. The van der Waals surface area contributed by atoms with Gasteiger partial charge in [-0.1, -0.05) is 106 Å². The van der Waals surface area contributed by atoms with Crippen molar-refractivity contribution in [2.75, 3.05) is 13.2 Å². The van der Waals surface area contributed by atoms with Crippen LogP contribution in [0.2, 0.25) is 0 Å². The molecule has 240 valence electrons. The highest BCUT2D eigenvalue weighted by molar-refractivity contribution is 5.90. The molecule has 44 heavy (non-hydrogen) atoms. The van der Waals surface area contributed by atoms with Crippen molar-refractivity contribution in [3.8, 4) is 0 Å². The Labute approximate surface area is 259 Å². The zero-order chi connectivity index (χ0) is 32.6. The van der Waals surface area contributed by atoms with Gasteiger partial charge in [0.2, 0.25) is 0 Å². The van der Waals surface area contributed by atoms with E-state index in [1.807, 2.05) is 56.4 Å². The number of aliphatic carboxylic acids is 2. The van der Waals surface area contributed by atoms with Crippen LogP contribution in [0.3, 0.4) is 0 Å². The number of hydrogen-bond acceptors (Lipinski definition) is 7. The maximum Gasteiger partial charge on any atom is 0.335 e. The van der Waals surface area contributed by atoms with Gasteiger partial charge in [-0.15, -0.1) is 0 Å². The summed E-state index contributed by atoms with van der Waals surface area (Å²) >= 11 is 0. The third-order valence-corrected chi connectivity index (χ3v) is 7.44. The summed E-state index contributed by atoms with van der Waals surface area (Å²) in [6.07, 6.45) is 21.9. The summed E-state index contributed by atoms with van der Waals surface area (Å²) in [5.41, 5.74) is 0.978. The van der Waals surface area contributed by atoms with E-state index in [-0.39, 0.29) is 23.9 Å². The van der Waals surface area contributed by atoms with Crippen LogP contribution in [0, 0.1) is 17.8 Å². The number of allylic oxidation sites excluding steroid dienone is 14. The first kappa shape index (κ1) is 36.4. The monoisotopic (exact) mass is 610 g/mol. The second-order valence-corrected chi connectivity index (χ2v) is 11.1. The van der Waals surface area contributed by atoms with E-state index < -0.39 is 48.9 Å². The number of carboxylic acids is 2. The van der Waals surface area contributed by atoms with Crippen LogP contribution in [0.4, 0.5) is 0 Å². The first-order chi connectivity index (χ1) is 21.0. The molecule has 7 atom stereocenters. The zero-order valence-electron chi connectivity index (χ0n) is 25.8. The van der Waals surface area contributed by atoms with Gasteiger partial charge in [-0.2, -0.15) is 0 Å². The van der Waals surface area contributed by atoms with Gasteiger partial charge in [-0.25, -0.2) is 9.59 Å². The molecule has 0 aromatic heterocycles. The number of ether oxygens (including phenoxy) is 2. The molecule has 1 fully saturated rings. The molecule has 1 saturated heterocycles. The predicted octanol–water partition coefficient (Wildman–Crippen LogP) is 4.82. The van der Waals surface area contributed by atoms with E-state index in [0.717, 1.165) is 18.4 Å². The van der Waals surface area contributed by atoms with E-state index in [9.17, 15) is 35.1 Å². The van der Waals surface area contributed by atoms with Crippen molar-refractivity contribution in [2.24, 2.45) is 17.8 Å². The normalized spacial score (nSPS) is 26.8. The van der Waals surface area contributed by atoms with Gasteiger partial charge in [-0.05, 0) is 37.3 Å². The van der Waals surface area contributed by atoms with E-state index in [1.165, 1.54) is 6.08 Å². The second-order valence-electron chi connectivity index (χ2n) is 11.1. The first-order valence-corrected chi connectivity index (χ1v) is 14.9. The smallest absolute Gasteiger partial charge is 0.335 e. The zero-order valence-corrected chi connectivity index (χ0v) is 25.8. The maximum absolute atomic E-state index is 11.9. The van der Waals surface area contributed by atoms with Gasteiger partial charge >= 0.3 is 11.9 Å². The SMILES string of the molecule is CCC(C)CC(C)/C=C(/C=C(C)/C=C/C=C/C=C/C=C/C=C/C=C/C1=C(C(=O)O)C2COC(CO)C(O)C(O1)C2O)C(=O)O. The Morgan fingerprint density at radius 3 is 2.07 bits per heavy atom. The number of hydrogen-bond donors (Lipinski definition) is 5. The number of carboxylic acid groups (broad SMARTS) is 2. The van der Waals surface area contributed by atoms with Gasteiger partial charge in [-0.3, -0.25) is 0 Å². The van der Waals surface area contributed by atoms with Crippen molar-refractivity contribution in [2.45, 2.75) is 65.0 Å². The van der Waals surface area contributed by atoms with Crippen molar-refractivity contribution >= 4 is 11.9 Å². The lowest BCUT2D eigenvalue weighted by molar-refractivity contribution is -0.139. The standard InChI is InChI=1S/C35H46O9/c1-5-23(2)18-25(4)20-26(34(39)40)19-24(3)16-14-12-10-8-6-7-9-11-13-15-17-28-30(35(41)42)27-22-43-29(21-36)32(38)33(44-28)31(27)37/h6-17,19-20,23,25,27,29,31-33,36-38H,5,18,21-22H2,1-4H3,(H,39,40)(H,41,42)/b8-6+,9-7+,12-10+,13-11+,16-14+,17-15+,24-19+,26-20-. The predicted molar refractivity (Wildman–Crippen MR) is 169 cm³/mol. The summed E-state index contributed by atoms with van der Waals surface area (Å²) in [5, 5.41) is 49.7. The molecule has 2 aliphatic rings. The third-order valence-electron chi connectivity index (χ3n) is 7.44. The van der Waals surface area contributed by atoms with Gasteiger partial charge in [0, 0.05) is 5.92 Å². The summed E-state index contributed by atoms with van der Waals surface area (Å²) in [5.74, 6) is -2.36. The van der Waals surface area contributed by atoms with Crippen LogP contribution in [-0.4, -0.2) is 75.1 Å². The molecule has 2 bridgehead atoms. The number of aliphatic hydroxyl groups is 3. The second kappa shape index (κ2) is 18.8. The first-order valence-electron chi connectivity index (χ1n) is 14.9. The van der Waals surface area contributed by atoms with Crippen molar-refractivity contribution in [1.29, 1.82) is 0 Å². The molecule has 2 heterocycles. The van der Waals surface area contributed by atoms with Crippen molar-refractivity contribution in [3.63, 3.8) is 0 Å². The van der Waals surface area contributed by atoms with Crippen LogP contribution >= 0.6 is 0 Å². The molecule has 0 aliphatic carbocycles. The summed E-state index contributed by atoms with van der Waals surface area (Å²) in [6, 6.07) is 0. The van der Waals surface area contributed by atoms with Gasteiger partial charge in [0.15, 0.2) is 6.10 Å². The number of carbonyl (C=O) groups is 2. The molecule has 0 amide bonds. The molecule has 5 N–H and O–H groups in total. The van der Waals surface area contributed by atoms with E-state index in [2.05, 4.69) is 13.8 Å². The van der Waals surface area contributed by atoms with Crippen molar-refractivity contribution < 1.29 is 44.6 Å². The average Bonchev–Trinajstić information content (AvgIpc) is 3.04. The molecule has 0 aromatic carbocycles. The molecule has 0 saturated carbocycles. The lowest BCUT2D eigenvalue weighted by Gasteiger charge is -2.35.